The van der Waals surface area contributed by atoms with E-state index in [1.807, 2.05) is 49.4 Å². The van der Waals surface area contributed by atoms with Gasteiger partial charge in [0.2, 0.25) is 0 Å². The molecule has 0 N–H and O–H groups in total. The molecule has 3 aromatic carbocycles. The number of methoxy groups -OCH3 is 1. The maximum atomic E-state index is 13.4. The van der Waals surface area contributed by atoms with Crippen molar-refractivity contribution in [1.82, 2.24) is 0 Å². The van der Waals surface area contributed by atoms with Gasteiger partial charge in [0, 0.05) is 19.2 Å². The van der Waals surface area contributed by atoms with Crippen LogP contribution in [-0.4, -0.2) is 28.6 Å². The molecular formula is C23H24N2O3S. The van der Waals surface area contributed by atoms with Crippen LogP contribution in [-0.2, 0) is 16.6 Å². The first-order chi connectivity index (χ1) is 14.0. The zero-order chi connectivity index (χ0) is 20.4. The lowest BCUT2D eigenvalue weighted by molar-refractivity contribution is 0.414. The molecule has 6 heteroatoms. The number of ether oxygens (including phenoxy) is 1. The molecule has 0 fully saturated rings. The Bertz CT molecular complexity index is 1110. The minimum atomic E-state index is -3.65. The summed E-state index contributed by atoms with van der Waals surface area (Å²) in [5, 5.41) is 0. The topological polar surface area (TPSA) is 49.9 Å². The van der Waals surface area contributed by atoms with Gasteiger partial charge in [-0.25, -0.2) is 8.42 Å². The number of hydrogen-bond acceptors (Lipinski definition) is 4. The zero-order valence-electron chi connectivity index (χ0n) is 16.6. The summed E-state index contributed by atoms with van der Waals surface area (Å²) in [5.41, 5.74) is 3.63. The average Bonchev–Trinajstić information content (AvgIpc) is 2.74. The van der Waals surface area contributed by atoms with E-state index in [1.165, 1.54) is 9.87 Å². The summed E-state index contributed by atoms with van der Waals surface area (Å²) in [6, 6.07) is 22.8. The molecule has 0 atom stereocenters. The minimum Gasteiger partial charge on any atom is -0.497 e. The molecule has 0 unspecified atom stereocenters. The van der Waals surface area contributed by atoms with Crippen molar-refractivity contribution in [1.29, 1.82) is 0 Å². The third-order valence-corrected chi connectivity index (χ3v) is 6.97. The molecule has 150 valence electrons. The Morgan fingerprint density at radius 1 is 0.897 bits per heavy atom. The van der Waals surface area contributed by atoms with Crippen LogP contribution in [0.15, 0.2) is 77.7 Å². The van der Waals surface area contributed by atoms with Gasteiger partial charge in [-0.2, -0.15) is 0 Å². The van der Waals surface area contributed by atoms with E-state index < -0.39 is 10.0 Å². The summed E-state index contributed by atoms with van der Waals surface area (Å²) in [4.78, 5) is 2.52. The second kappa shape index (κ2) is 7.79. The van der Waals surface area contributed by atoms with Gasteiger partial charge in [0.25, 0.3) is 10.0 Å². The van der Waals surface area contributed by atoms with Crippen molar-refractivity contribution in [3.05, 3.63) is 83.9 Å². The molecule has 0 saturated heterocycles. The second-order valence-corrected chi connectivity index (χ2v) is 9.02. The number of benzene rings is 3. The predicted molar refractivity (Wildman–Crippen MR) is 116 cm³/mol. The van der Waals surface area contributed by atoms with E-state index in [9.17, 15) is 8.42 Å². The van der Waals surface area contributed by atoms with Crippen LogP contribution in [0.3, 0.4) is 0 Å². The van der Waals surface area contributed by atoms with Gasteiger partial charge in [0.1, 0.15) is 5.75 Å². The summed E-state index contributed by atoms with van der Waals surface area (Å²) in [6.45, 7) is 3.59. The zero-order valence-corrected chi connectivity index (χ0v) is 17.4. The predicted octanol–water partition coefficient (Wildman–Crippen LogP) is 4.22. The molecular weight excluding hydrogens is 384 g/mol. The number of anilines is 2. The summed E-state index contributed by atoms with van der Waals surface area (Å²) in [5.74, 6) is 0.705. The maximum Gasteiger partial charge on any atom is 0.264 e. The van der Waals surface area contributed by atoms with Gasteiger partial charge < -0.3 is 9.64 Å². The molecule has 5 nitrogen and oxygen atoms in total. The number of sulfonamides is 1. The number of nitrogens with zero attached hydrogens (tertiary/aromatic N) is 2. The normalized spacial score (nSPS) is 13.9. The van der Waals surface area contributed by atoms with Crippen LogP contribution < -0.4 is 13.9 Å². The second-order valence-electron chi connectivity index (χ2n) is 7.16. The molecule has 0 amide bonds. The van der Waals surface area contributed by atoms with Crippen LogP contribution in [0, 0.1) is 6.92 Å². The van der Waals surface area contributed by atoms with Crippen LogP contribution in [0.1, 0.15) is 11.1 Å². The highest BCUT2D eigenvalue weighted by Gasteiger charge is 2.32. The first kappa shape index (κ1) is 19.3. The van der Waals surface area contributed by atoms with E-state index in [4.69, 9.17) is 4.74 Å². The van der Waals surface area contributed by atoms with Crippen LogP contribution in [0.5, 0.6) is 5.75 Å². The van der Waals surface area contributed by atoms with Crippen LogP contribution >= 0.6 is 0 Å². The molecule has 0 radical (unpaired) electrons. The molecule has 0 bridgehead atoms. The third-order valence-electron chi connectivity index (χ3n) is 5.16. The van der Waals surface area contributed by atoms with E-state index in [0.29, 0.717) is 36.0 Å². The number of hydrogen-bond donors (Lipinski definition) is 0. The van der Waals surface area contributed by atoms with E-state index >= 15 is 0 Å². The van der Waals surface area contributed by atoms with E-state index in [2.05, 4.69) is 17.0 Å². The van der Waals surface area contributed by atoms with E-state index in [-0.39, 0.29) is 0 Å². The molecule has 0 aliphatic carbocycles. The Kier molecular flexibility index (Phi) is 5.20. The minimum absolute atomic E-state index is 0.316. The molecule has 0 saturated carbocycles. The number of aryl methyl sites for hydroxylation is 1. The van der Waals surface area contributed by atoms with Crippen molar-refractivity contribution < 1.29 is 13.2 Å². The highest BCUT2D eigenvalue weighted by atomic mass is 32.2. The fraction of sp³-hybridized carbons (Fsp3) is 0.217. The van der Waals surface area contributed by atoms with Crippen LogP contribution in [0.25, 0.3) is 0 Å². The average molecular weight is 409 g/mol. The van der Waals surface area contributed by atoms with Crippen molar-refractivity contribution in [2.24, 2.45) is 0 Å². The fourth-order valence-electron chi connectivity index (χ4n) is 3.67. The molecule has 1 aliphatic rings. The van der Waals surface area contributed by atoms with Gasteiger partial charge >= 0.3 is 0 Å². The molecule has 1 heterocycles. The van der Waals surface area contributed by atoms with Crippen LogP contribution in [0.4, 0.5) is 11.4 Å². The van der Waals surface area contributed by atoms with E-state index in [1.54, 1.807) is 25.3 Å². The summed E-state index contributed by atoms with van der Waals surface area (Å²) in [7, 11) is -2.03. The Balaban J connectivity index is 1.75. The Hall–Kier alpha value is -2.99. The lowest BCUT2D eigenvalue weighted by Gasteiger charge is -2.38. The van der Waals surface area contributed by atoms with Gasteiger partial charge in [0.15, 0.2) is 0 Å². The highest BCUT2D eigenvalue weighted by Crippen LogP contribution is 2.39. The Morgan fingerprint density at radius 3 is 2.41 bits per heavy atom. The molecule has 4 rings (SSSR count). The lowest BCUT2D eigenvalue weighted by Crippen LogP contribution is -2.43. The van der Waals surface area contributed by atoms with Crippen molar-refractivity contribution >= 4 is 21.4 Å². The van der Waals surface area contributed by atoms with Gasteiger partial charge in [-0.05, 0) is 42.3 Å². The van der Waals surface area contributed by atoms with E-state index in [0.717, 1.165) is 11.3 Å². The van der Waals surface area contributed by atoms with Gasteiger partial charge in [-0.1, -0.05) is 42.5 Å². The highest BCUT2D eigenvalue weighted by molar-refractivity contribution is 7.92. The lowest BCUT2D eigenvalue weighted by atomic mass is 10.1. The SMILES string of the molecule is COc1ccc2c(c1)N(Cc1ccccc1)CCN2S(=O)(=O)c1cccc(C)c1. The smallest absolute Gasteiger partial charge is 0.264 e. The molecule has 0 spiro atoms. The van der Waals surface area contributed by atoms with Crippen molar-refractivity contribution in [3.63, 3.8) is 0 Å². The summed E-state index contributed by atoms with van der Waals surface area (Å²) in [6.07, 6.45) is 0. The van der Waals surface area contributed by atoms with Crippen molar-refractivity contribution in [2.45, 2.75) is 18.4 Å². The molecule has 1 aliphatic heterocycles. The van der Waals surface area contributed by atoms with Crippen molar-refractivity contribution in [3.8, 4) is 5.75 Å². The fourth-order valence-corrected chi connectivity index (χ4v) is 5.24. The summed E-state index contributed by atoms with van der Waals surface area (Å²) < 4.78 is 33.7. The van der Waals surface area contributed by atoms with Gasteiger partial charge in [-0.3, -0.25) is 4.31 Å². The molecule has 0 aromatic heterocycles. The van der Waals surface area contributed by atoms with Crippen molar-refractivity contribution in [2.75, 3.05) is 29.4 Å². The largest absolute Gasteiger partial charge is 0.497 e. The Labute approximate surface area is 172 Å². The number of fused-ring (bicyclic) bond motifs is 1. The van der Waals surface area contributed by atoms with Gasteiger partial charge in [-0.15, -0.1) is 0 Å². The molecule has 3 aromatic rings. The standard InChI is InChI=1S/C23H24N2O3S/c1-18-7-6-10-21(15-18)29(26,27)25-14-13-24(17-19-8-4-3-5-9-19)23-16-20(28-2)11-12-22(23)25/h3-12,15-16H,13-14,17H2,1-2H3. The van der Waals surface area contributed by atoms with Crippen LogP contribution in [0.2, 0.25) is 0 Å². The quantitative estimate of drug-likeness (QED) is 0.634. The number of rotatable bonds is 5. The summed E-state index contributed by atoms with van der Waals surface area (Å²) >= 11 is 0. The third kappa shape index (κ3) is 3.80. The maximum absolute atomic E-state index is 13.4. The van der Waals surface area contributed by atoms with Gasteiger partial charge in [0.05, 0.1) is 29.9 Å². The monoisotopic (exact) mass is 408 g/mol. The Morgan fingerprint density at radius 2 is 1.69 bits per heavy atom. The molecule has 29 heavy (non-hydrogen) atoms. The first-order valence-electron chi connectivity index (χ1n) is 9.55. The first-order valence-corrected chi connectivity index (χ1v) is 11.0.